The number of benzene rings is 1. The molecule has 0 bridgehead atoms. The fourth-order valence-electron chi connectivity index (χ4n) is 2.50. The van der Waals surface area contributed by atoms with Gasteiger partial charge >= 0.3 is 12.1 Å². The maximum Gasteiger partial charge on any atom is 0.422 e. The fraction of sp³-hybridized carbons (Fsp3) is 0.467. The van der Waals surface area contributed by atoms with Crippen LogP contribution in [0.1, 0.15) is 17.3 Å². The van der Waals surface area contributed by atoms with Crippen molar-refractivity contribution in [3.63, 3.8) is 0 Å². The number of aliphatic carboxylic acids is 1. The van der Waals surface area contributed by atoms with Gasteiger partial charge in [-0.05, 0) is 30.2 Å². The van der Waals surface area contributed by atoms with Crippen LogP contribution in [0.2, 0.25) is 0 Å². The summed E-state index contributed by atoms with van der Waals surface area (Å²) in [5.41, 5.74) is 0.280. The molecule has 0 radical (unpaired) electrons. The Labute approximate surface area is 130 Å². The highest BCUT2D eigenvalue weighted by molar-refractivity contribution is 5.95. The Balaban J connectivity index is 1.99. The molecule has 1 aliphatic heterocycles. The smallest absolute Gasteiger partial charge is 0.422 e. The van der Waals surface area contributed by atoms with Crippen LogP contribution in [0.3, 0.4) is 0 Å². The third-order valence-electron chi connectivity index (χ3n) is 3.72. The van der Waals surface area contributed by atoms with Crippen LogP contribution >= 0.6 is 0 Å². The monoisotopic (exact) mass is 331 g/mol. The standard InChI is InChI=1S/C15H16F3NO4/c1-9-6-19(7-12(9)14(21)22)13(20)10-2-4-11(5-3-10)23-8-15(16,17)18/h2-5,9,12H,6-8H2,1H3,(H,21,22)/t9-,12-/m1/s1. The van der Waals surface area contributed by atoms with E-state index in [0.717, 1.165) is 0 Å². The summed E-state index contributed by atoms with van der Waals surface area (Å²) in [7, 11) is 0. The highest BCUT2D eigenvalue weighted by Gasteiger charge is 2.37. The number of amides is 1. The molecular formula is C15H16F3NO4. The van der Waals surface area contributed by atoms with Crippen molar-refractivity contribution in [2.24, 2.45) is 11.8 Å². The number of carbonyl (C=O) groups is 2. The average molecular weight is 331 g/mol. The Hall–Kier alpha value is -2.25. The Morgan fingerprint density at radius 1 is 1.26 bits per heavy atom. The van der Waals surface area contributed by atoms with Crippen molar-refractivity contribution in [3.8, 4) is 5.75 Å². The van der Waals surface area contributed by atoms with Crippen LogP contribution in [0.25, 0.3) is 0 Å². The van der Waals surface area contributed by atoms with Crippen molar-refractivity contribution >= 4 is 11.9 Å². The summed E-state index contributed by atoms with van der Waals surface area (Å²) in [6.07, 6.45) is -4.42. The van der Waals surface area contributed by atoms with E-state index in [0.29, 0.717) is 6.54 Å². The van der Waals surface area contributed by atoms with E-state index in [9.17, 15) is 22.8 Å². The zero-order chi connectivity index (χ0) is 17.2. The van der Waals surface area contributed by atoms with Gasteiger partial charge in [0.2, 0.25) is 0 Å². The van der Waals surface area contributed by atoms with Gasteiger partial charge in [0.25, 0.3) is 5.91 Å². The number of hydrogen-bond acceptors (Lipinski definition) is 3. The van der Waals surface area contributed by atoms with Crippen LogP contribution in [-0.4, -0.2) is 47.8 Å². The first-order chi connectivity index (χ1) is 10.7. The average Bonchev–Trinajstić information content (AvgIpc) is 2.86. The first-order valence-electron chi connectivity index (χ1n) is 6.99. The van der Waals surface area contributed by atoms with Crippen LogP contribution in [0.5, 0.6) is 5.75 Å². The second kappa shape index (κ2) is 6.47. The number of likely N-dealkylation sites (tertiary alicyclic amines) is 1. The molecule has 1 aromatic rings. The molecule has 0 saturated carbocycles. The molecule has 2 atom stereocenters. The lowest BCUT2D eigenvalue weighted by Crippen LogP contribution is -2.29. The van der Waals surface area contributed by atoms with Crippen LogP contribution in [0, 0.1) is 11.8 Å². The molecule has 0 aliphatic carbocycles. The quantitative estimate of drug-likeness (QED) is 0.920. The third kappa shape index (κ3) is 4.37. The minimum absolute atomic E-state index is 0.0112. The molecule has 2 rings (SSSR count). The van der Waals surface area contributed by atoms with Crippen molar-refractivity contribution < 1.29 is 32.6 Å². The fourth-order valence-corrected chi connectivity index (χ4v) is 2.50. The van der Waals surface area contributed by atoms with Gasteiger partial charge in [0.05, 0.1) is 5.92 Å². The Morgan fingerprint density at radius 3 is 2.35 bits per heavy atom. The number of rotatable bonds is 4. The number of carbonyl (C=O) groups excluding carboxylic acids is 1. The van der Waals surface area contributed by atoms with Gasteiger partial charge in [0.15, 0.2) is 6.61 Å². The van der Waals surface area contributed by atoms with E-state index in [-0.39, 0.29) is 29.7 Å². The summed E-state index contributed by atoms with van der Waals surface area (Å²) in [6.45, 7) is 0.828. The van der Waals surface area contributed by atoms with Crippen molar-refractivity contribution in [1.82, 2.24) is 4.90 Å². The van der Waals surface area contributed by atoms with Crippen molar-refractivity contribution in [2.75, 3.05) is 19.7 Å². The molecule has 0 spiro atoms. The van der Waals surface area contributed by atoms with Crippen molar-refractivity contribution in [2.45, 2.75) is 13.1 Å². The molecule has 1 heterocycles. The van der Waals surface area contributed by atoms with E-state index in [4.69, 9.17) is 5.11 Å². The Morgan fingerprint density at radius 2 is 1.87 bits per heavy atom. The third-order valence-corrected chi connectivity index (χ3v) is 3.72. The van der Waals surface area contributed by atoms with Gasteiger partial charge in [0, 0.05) is 18.7 Å². The first kappa shape index (κ1) is 17.1. The van der Waals surface area contributed by atoms with Gasteiger partial charge in [-0.2, -0.15) is 13.2 Å². The van der Waals surface area contributed by atoms with E-state index in [2.05, 4.69) is 4.74 Å². The zero-order valence-corrected chi connectivity index (χ0v) is 12.3. The summed E-state index contributed by atoms with van der Waals surface area (Å²) in [4.78, 5) is 24.8. The number of hydrogen-bond donors (Lipinski definition) is 1. The molecule has 5 nitrogen and oxygen atoms in total. The predicted molar refractivity (Wildman–Crippen MR) is 74.2 cm³/mol. The maximum absolute atomic E-state index is 12.3. The minimum atomic E-state index is -4.42. The van der Waals surface area contributed by atoms with Gasteiger partial charge in [-0.15, -0.1) is 0 Å². The number of nitrogens with zero attached hydrogens (tertiary/aromatic N) is 1. The highest BCUT2D eigenvalue weighted by Crippen LogP contribution is 2.25. The molecule has 1 aromatic carbocycles. The summed E-state index contributed by atoms with van der Waals surface area (Å²) < 4.78 is 40.7. The van der Waals surface area contributed by atoms with Crippen LogP contribution in [-0.2, 0) is 4.79 Å². The SMILES string of the molecule is C[C@@H]1CN(C(=O)c2ccc(OCC(F)(F)F)cc2)C[C@H]1C(=O)O. The van der Waals surface area contributed by atoms with E-state index in [1.54, 1.807) is 6.92 Å². The normalized spacial score (nSPS) is 21.3. The summed E-state index contributed by atoms with van der Waals surface area (Å²) >= 11 is 0. The summed E-state index contributed by atoms with van der Waals surface area (Å²) in [5, 5.41) is 9.07. The molecule has 0 unspecified atom stereocenters. The molecule has 1 amide bonds. The molecule has 1 aliphatic rings. The van der Waals surface area contributed by atoms with Crippen LogP contribution in [0.15, 0.2) is 24.3 Å². The van der Waals surface area contributed by atoms with Crippen molar-refractivity contribution in [3.05, 3.63) is 29.8 Å². The maximum atomic E-state index is 12.3. The number of carboxylic acids is 1. The van der Waals surface area contributed by atoms with E-state index < -0.39 is 24.7 Å². The molecule has 1 fully saturated rings. The van der Waals surface area contributed by atoms with Crippen molar-refractivity contribution in [1.29, 1.82) is 0 Å². The summed E-state index contributed by atoms with van der Waals surface area (Å²) in [5.74, 6) is -2.03. The number of ether oxygens (including phenoxy) is 1. The van der Waals surface area contributed by atoms with E-state index in [1.807, 2.05) is 0 Å². The molecule has 126 valence electrons. The first-order valence-corrected chi connectivity index (χ1v) is 6.99. The topological polar surface area (TPSA) is 66.8 Å². The van der Waals surface area contributed by atoms with Gasteiger partial charge in [-0.25, -0.2) is 0 Å². The summed E-state index contributed by atoms with van der Waals surface area (Å²) in [6, 6.07) is 5.31. The van der Waals surface area contributed by atoms with Gasteiger partial charge < -0.3 is 14.7 Å². The highest BCUT2D eigenvalue weighted by atomic mass is 19.4. The van der Waals surface area contributed by atoms with Crippen LogP contribution < -0.4 is 4.74 Å². The van der Waals surface area contributed by atoms with Gasteiger partial charge in [-0.1, -0.05) is 6.92 Å². The molecule has 23 heavy (non-hydrogen) atoms. The van der Waals surface area contributed by atoms with Gasteiger partial charge in [0.1, 0.15) is 5.75 Å². The molecular weight excluding hydrogens is 315 g/mol. The second-order valence-electron chi connectivity index (χ2n) is 5.56. The van der Waals surface area contributed by atoms with E-state index >= 15 is 0 Å². The number of halogens is 3. The second-order valence-corrected chi connectivity index (χ2v) is 5.56. The molecule has 1 saturated heterocycles. The van der Waals surface area contributed by atoms with E-state index in [1.165, 1.54) is 29.2 Å². The van der Waals surface area contributed by atoms with Gasteiger partial charge in [-0.3, -0.25) is 9.59 Å². The number of alkyl halides is 3. The Kier molecular flexibility index (Phi) is 4.82. The molecule has 8 heteroatoms. The lowest BCUT2D eigenvalue weighted by molar-refractivity contribution is -0.153. The predicted octanol–water partition coefficient (Wildman–Crippen LogP) is 2.42. The number of carboxylic acid groups (broad SMARTS) is 1. The lowest BCUT2D eigenvalue weighted by atomic mass is 9.99. The Bertz CT molecular complexity index is 585. The van der Waals surface area contributed by atoms with Crippen LogP contribution in [0.4, 0.5) is 13.2 Å². The largest absolute Gasteiger partial charge is 0.484 e. The molecule has 1 N–H and O–H groups in total. The minimum Gasteiger partial charge on any atom is -0.484 e. The zero-order valence-electron chi connectivity index (χ0n) is 12.3. The lowest BCUT2D eigenvalue weighted by Gasteiger charge is -2.16. The molecule has 0 aromatic heterocycles.